The Kier molecular flexibility index (Phi) is 3.28. The second-order valence-corrected chi connectivity index (χ2v) is 3.17. The Hall–Kier alpha value is -1.31. The third-order valence-corrected chi connectivity index (χ3v) is 2.20. The van der Waals surface area contributed by atoms with Gasteiger partial charge in [0.25, 0.3) is 0 Å². The summed E-state index contributed by atoms with van der Waals surface area (Å²) in [7, 11) is 1.54. The van der Waals surface area contributed by atoms with Gasteiger partial charge >= 0.3 is 0 Å². The summed E-state index contributed by atoms with van der Waals surface area (Å²) in [4.78, 5) is 3.99. The first kappa shape index (κ1) is 10.8. The molecular formula is C9H10ClN3O. The smallest absolute Gasteiger partial charge is 0.147 e. The fourth-order valence-corrected chi connectivity index (χ4v) is 1.40. The van der Waals surface area contributed by atoms with Crippen LogP contribution < -0.4 is 5.73 Å². The van der Waals surface area contributed by atoms with Crippen molar-refractivity contribution in [3.8, 4) is 6.07 Å². The lowest BCUT2D eigenvalue weighted by molar-refractivity contribution is 0.182. The van der Waals surface area contributed by atoms with E-state index in [1.165, 1.54) is 0 Å². The van der Waals surface area contributed by atoms with E-state index in [2.05, 4.69) is 4.98 Å². The highest BCUT2D eigenvalue weighted by Crippen LogP contribution is 2.24. The highest BCUT2D eigenvalue weighted by Gasteiger charge is 2.12. The molecule has 0 aliphatic carbocycles. The van der Waals surface area contributed by atoms with Gasteiger partial charge in [0.05, 0.1) is 23.6 Å². The van der Waals surface area contributed by atoms with Crippen LogP contribution in [0.15, 0.2) is 0 Å². The quantitative estimate of drug-likeness (QED) is 0.755. The summed E-state index contributed by atoms with van der Waals surface area (Å²) in [6.45, 7) is 2.03. The maximum Gasteiger partial charge on any atom is 0.147 e. The van der Waals surface area contributed by atoms with E-state index >= 15 is 0 Å². The van der Waals surface area contributed by atoms with Gasteiger partial charge in [-0.3, -0.25) is 0 Å². The molecule has 0 atom stereocenters. The molecule has 0 unspecified atom stereocenters. The number of hydrogen-bond donors (Lipinski definition) is 1. The number of halogens is 1. The van der Waals surface area contributed by atoms with Crippen LogP contribution in [-0.4, -0.2) is 12.1 Å². The van der Waals surface area contributed by atoms with Crippen LogP contribution >= 0.6 is 11.6 Å². The van der Waals surface area contributed by atoms with E-state index in [0.29, 0.717) is 22.5 Å². The molecule has 0 fully saturated rings. The zero-order valence-corrected chi connectivity index (χ0v) is 8.72. The van der Waals surface area contributed by atoms with Crippen molar-refractivity contribution < 1.29 is 4.74 Å². The summed E-state index contributed by atoms with van der Waals surface area (Å²) in [6.07, 6.45) is 0. The molecule has 74 valence electrons. The SMILES string of the molecule is COCc1nc(Cl)c(C#N)c(C)c1N. The summed E-state index contributed by atoms with van der Waals surface area (Å²) in [5.74, 6) is 0. The van der Waals surface area contributed by atoms with E-state index in [-0.39, 0.29) is 11.8 Å². The monoisotopic (exact) mass is 211 g/mol. The van der Waals surface area contributed by atoms with Gasteiger partial charge in [0.15, 0.2) is 0 Å². The lowest BCUT2D eigenvalue weighted by Crippen LogP contribution is -2.04. The van der Waals surface area contributed by atoms with Gasteiger partial charge in [0, 0.05) is 7.11 Å². The number of nitriles is 1. The van der Waals surface area contributed by atoms with Crippen molar-refractivity contribution in [3.05, 3.63) is 22.0 Å². The van der Waals surface area contributed by atoms with Crippen LogP contribution in [0.1, 0.15) is 16.8 Å². The van der Waals surface area contributed by atoms with Crippen molar-refractivity contribution in [1.82, 2.24) is 4.98 Å². The van der Waals surface area contributed by atoms with E-state index < -0.39 is 0 Å². The van der Waals surface area contributed by atoms with Gasteiger partial charge in [-0.15, -0.1) is 0 Å². The molecular weight excluding hydrogens is 202 g/mol. The number of aromatic nitrogens is 1. The summed E-state index contributed by atoms with van der Waals surface area (Å²) in [5, 5.41) is 8.96. The second-order valence-electron chi connectivity index (χ2n) is 2.81. The zero-order chi connectivity index (χ0) is 10.7. The van der Waals surface area contributed by atoms with E-state index in [4.69, 9.17) is 27.3 Å². The van der Waals surface area contributed by atoms with Crippen molar-refractivity contribution in [2.75, 3.05) is 12.8 Å². The van der Waals surface area contributed by atoms with Crippen LogP contribution in [0.4, 0.5) is 5.69 Å². The second kappa shape index (κ2) is 4.27. The van der Waals surface area contributed by atoms with Crippen molar-refractivity contribution >= 4 is 17.3 Å². The van der Waals surface area contributed by atoms with Gasteiger partial charge in [-0.1, -0.05) is 11.6 Å². The predicted octanol–water partition coefficient (Wildman–Crippen LogP) is 1.64. The largest absolute Gasteiger partial charge is 0.397 e. The first-order valence-electron chi connectivity index (χ1n) is 3.95. The maximum absolute atomic E-state index is 8.78. The summed E-state index contributed by atoms with van der Waals surface area (Å²) in [6, 6.07) is 1.96. The molecule has 0 amide bonds. The number of methoxy groups -OCH3 is 1. The average Bonchev–Trinajstić information content (AvgIpc) is 2.15. The average molecular weight is 212 g/mol. The molecule has 4 nitrogen and oxygen atoms in total. The molecule has 2 N–H and O–H groups in total. The Morgan fingerprint density at radius 3 is 2.79 bits per heavy atom. The molecule has 14 heavy (non-hydrogen) atoms. The molecule has 1 rings (SSSR count). The van der Waals surface area contributed by atoms with Crippen molar-refractivity contribution in [2.45, 2.75) is 13.5 Å². The minimum absolute atomic E-state index is 0.172. The zero-order valence-electron chi connectivity index (χ0n) is 7.97. The Balaban J connectivity index is 3.34. The fraction of sp³-hybridized carbons (Fsp3) is 0.333. The number of pyridine rings is 1. The summed E-state index contributed by atoms with van der Waals surface area (Å²) in [5.41, 5.74) is 7.77. The number of rotatable bonds is 2. The number of anilines is 1. The number of hydrogen-bond acceptors (Lipinski definition) is 4. The minimum atomic E-state index is 0.172. The molecule has 1 aromatic rings. The third kappa shape index (κ3) is 1.79. The molecule has 0 saturated carbocycles. The van der Waals surface area contributed by atoms with Crippen LogP contribution in [0.3, 0.4) is 0 Å². The van der Waals surface area contributed by atoms with Gasteiger partial charge < -0.3 is 10.5 Å². The molecule has 5 heteroatoms. The van der Waals surface area contributed by atoms with E-state index in [0.717, 1.165) is 0 Å². The molecule has 0 aromatic carbocycles. The minimum Gasteiger partial charge on any atom is -0.397 e. The molecule has 0 radical (unpaired) electrons. The van der Waals surface area contributed by atoms with Gasteiger partial charge in [0.2, 0.25) is 0 Å². The van der Waals surface area contributed by atoms with Crippen molar-refractivity contribution in [3.63, 3.8) is 0 Å². The number of nitrogens with zero attached hydrogens (tertiary/aromatic N) is 2. The number of ether oxygens (including phenoxy) is 1. The number of nitrogens with two attached hydrogens (primary N) is 1. The lowest BCUT2D eigenvalue weighted by atomic mass is 10.1. The Labute approximate surface area is 87.3 Å². The van der Waals surface area contributed by atoms with Crippen LogP contribution in [0.2, 0.25) is 5.15 Å². The highest BCUT2D eigenvalue weighted by atomic mass is 35.5. The van der Waals surface area contributed by atoms with Gasteiger partial charge in [-0.25, -0.2) is 4.98 Å². The maximum atomic E-state index is 8.78. The molecule has 0 bridgehead atoms. The van der Waals surface area contributed by atoms with Crippen molar-refractivity contribution in [1.29, 1.82) is 5.26 Å². The highest BCUT2D eigenvalue weighted by molar-refractivity contribution is 6.30. The first-order chi connectivity index (χ1) is 6.61. The number of nitrogen functional groups attached to an aromatic ring is 1. The third-order valence-electron chi connectivity index (χ3n) is 1.92. The van der Waals surface area contributed by atoms with Crippen LogP contribution in [0, 0.1) is 18.3 Å². The van der Waals surface area contributed by atoms with E-state index in [1.54, 1.807) is 14.0 Å². The fourth-order valence-electron chi connectivity index (χ4n) is 1.12. The van der Waals surface area contributed by atoms with Gasteiger partial charge in [0.1, 0.15) is 11.2 Å². The Bertz CT molecular complexity index is 398. The van der Waals surface area contributed by atoms with Gasteiger partial charge in [-0.05, 0) is 12.5 Å². The predicted molar refractivity (Wildman–Crippen MR) is 53.8 cm³/mol. The van der Waals surface area contributed by atoms with Crippen LogP contribution in [-0.2, 0) is 11.3 Å². The van der Waals surface area contributed by atoms with Crippen LogP contribution in [0.25, 0.3) is 0 Å². The molecule has 0 spiro atoms. The Morgan fingerprint density at radius 2 is 2.29 bits per heavy atom. The molecule has 0 saturated heterocycles. The normalized spacial score (nSPS) is 9.86. The summed E-state index contributed by atoms with van der Waals surface area (Å²) >= 11 is 5.80. The van der Waals surface area contributed by atoms with Gasteiger partial charge in [-0.2, -0.15) is 5.26 Å². The molecule has 1 heterocycles. The topological polar surface area (TPSA) is 71.9 Å². The van der Waals surface area contributed by atoms with Crippen LogP contribution in [0.5, 0.6) is 0 Å². The standard InChI is InChI=1S/C9H10ClN3O/c1-5-6(3-11)9(10)13-7(4-14-2)8(5)12/h4,12H2,1-2H3. The molecule has 1 aromatic heterocycles. The first-order valence-corrected chi connectivity index (χ1v) is 4.33. The van der Waals surface area contributed by atoms with E-state index in [1.807, 2.05) is 6.07 Å². The van der Waals surface area contributed by atoms with Crippen molar-refractivity contribution in [2.24, 2.45) is 0 Å². The summed E-state index contributed by atoms with van der Waals surface area (Å²) < 4.78 is 4.91. The Morgan fingerprint density at radius 1 is 1.64 bits per heavy atom. The van der Waals surface area contributed by atoms with E-state index in [9.17, 15) is 0 Å². The molecule has 0 aliphatic rings. The molecule has 0 aliphatic heterocycles. The lowest BCUT2D eigenvalue weighted by Gasteiger charge is -2.09.